The van der Waals surface area contributed by atoms with Gasteiger partial charge in [0.25, 0.3) is 0 Å². The van der Waals surface area contributed by atoms with Gasteiger partial charge in [0, 0.05) is 30.0 Å². The van der Waals surface area contributed by atoms with Crippen LogP contribution in [0.5, 0.6) is 0 Å². The Kier molecular flexibility index (Phi) is 3.86. The highest BCUT2D eigenvalue weighted by Gasteiger charge is 2.09. The van der Waals surface area contributed by atoms with Crippen molar-refractivity contribution in [1.29, 1.82) is 0 Å². The average molecular weight is 272 g/mol. The summed E-state index contributed by atoms with van der Waals surface area (Å²) < 4.78 is 38.9. The van der Waals surface area contributed by atoms with Gasteiger partial charge in [-0.05, 0) is 6.92 Å². The van der Waals surface area contributed by atoms with Crippen molar-refractivity contribution < 1.29 is 13.2 Å². The first-order valence-electron chi connectivity index (χ1n) is 5.35. The van der Waals surface area contributed by atoms with E-state index in [4.69, 9.17) is 0 Å². The molecule has 0 aliphatic carbocycles. The van der Waals surface area contributed by atoms with Crippen LogP contribution in [-0.2, 0) is 6.42 Å². The zero-order valence-electron chi connectivity index (χ0n) is 9.64. The zero-order chi connectivity index (χ0) is 13.1. The molecule has 0 saturated carbocycles. The molecule has 2 rings (SSSR count). The smallest absolute Gasteiger partial charge is 0.161 e. The fourth-order valence-electron chi connectivity index (χ4n) is 1.53. The summed E-state index contributed by atoms with van der Waals surface area (Å²) in [5.74, 6) is -3.04. The molecule has 0 amide bonds. The zero-order valence-corrected chi connectivity index (χ0v) is 10.5. The van der Waals surface area contributed by atoms with Crippen molar-refractivity contribution in [2.75, 3.05) is 11.9 Å². The minimum Gasteiger partial charge on any atom is -0.382 e. The molecular weight excluding hydrogens is 261 g/mol. The second-order valence-electron chi connectivity index (χ2n) is 3.78. The third kappa shape index (κ3) is 2.81. The summed E-state index contributed by atoms with van der Waals surface area (Å²) >= 11 is 1.52. The van der Waals surface area contributed by atoms with E-state index >= 15 is 0 Å². The van der Waals surface area contributed by atoms with E-state index < -0.39 is 17.5 Å². The van der Waals surface area contributed by atoms with Crippen LogP contribution in [0.1, 0.15) is 10.6 Å². The van der Waals surface area contributed by atoms with Crippen molar-refractivity contribution in [3.8, 4) is 0 Å². The monoisotopic (exact) mass is 272 g/mol. The number of aryl methyl sites for hydroxylation is 1. The SMILES string of the molecule is Cc1ncsc1CCNc1cc(F)c(F)cc1F. The van der Waals surface area contributed by atoms with Crippen LogP contribution in [0.3, 0.4) is 0 Å². The highest BCUT2D eigenvalue weighted by Crippen LogP contribution is 2.19. The maximum Gasteiger partial charge on any atom is 0.161 e. The highest BCUT2D eigenvalue weighted by molar-refractivity contribution is 7.09. The second-order valence-corrected chi connectivity index (χ2v) is 4.72. The number of thiazole rings is 1. The molecule has 0 aliphatic heterocycles. The molecule has 0 fully saturated rings. The fraction of sp³-hybridized carbons (Fsp3) is 0.250. The van der Waals surface area contributed by atoms with E-state index in [0.717, 1.165) is 16.6 Å². The molecule has 1 aromatic carbocycles. The molecule has 0 spiro atoms. The fourth-order valence-corrected chi connectivity index (χ4v) is 2.32. The molecule has 2 aromatic rings. The number of benzene rings is 1. The van der Waals surface area contributed by atoms with Crippen molar-refractivity contribution in [3.05, 3.63) is 45.7 Å². The Morgan fingerprint density at radius 2 is 1.89 bits per heavy atom. The Morgan fingerprint density at radius 1 is 1.17 bits per heavy atom. The van der Waals surface area contributed by atoms with Gasteiger partial charge in [-0.1, -0.05) is 0 Å². The number of nitrogens with one attached hydrogen (secondary N) is 1. The standard InChI is InChI=1S/C12H11F3N2S/c1-7-12(18-6-17-7)2-3-16-11-5-9(14)8(13)4-10(11)15/h4-6,16H,2-3H2,1H3. The molecule has 1 N–H and O–H groups in total. The lowest BCUT2D eigenvalue weighted by atomic mass is 10.2. The summed E-state index contributed by atoms with van der Waals surface area (Å²) in [6.07, 6.45) is 0.662. The van der Waals surface area contributed by atoms with Crippen LogP contribution in [0.15, 0.2) is 17.6 Å². The van der Waals surface area contributed by atoms with Gasteiger partial charge >= 0.3 is 0 Å². The Bertz CT molecular complexity index is 554. The maximum absolute atomic E-state index is 13.3. The summed E-state index contributed by atoms with van der Waals surface area (Å²) in [7, 11) is 0. The van der Waals surface area contributed by atoms with Crippen molar-refractivity contribution >= 4 is 17.0 Å². The number of hydrogen-bond acceptors (Lipinski definition) is 3. The molecule has 6 heteroatoms. The van der Waals surface area contributed by atoms with E-state index in [0.29, 0.717) is 19.0 Å². The quantitative estimate of drug-likeness (QED) is 0.861. The molecule has 0 aliphatic rings. The number of rotatable bonds is 4. The van der Waals surface area contributed by atoms with Crippen molar-refractivity contribution in [1.82, 2.24) is 4.98 Å². The Hall–Kier alpha value is -1.56. The summed E-state index contributed by atoms with van der Waals surface area (Å²) in [6.45, 7) is 2.33. The van der Waals surface area contributed by atoms with Crippen molar-refractivity contribution in [2.45, 2.75) is 13.3 Å². The second kappa shape index (κ2) is 5.39. The van der Waals surface area contributed by atoms with Crippen LogP contribution in [0.25, 0.3) is 0 Å². The highest BCUT2D eigenvalue weighted by atomic mass is 32.1. The Morgan fingerprint density at radius 3 is 2.56 bits per heavy atom. The molecule has 0 saturated heterocycles. The lowest BCUT2D eigenvalue weighted by Gasteiger charge is -2.07. The van der Waals surface area contributed by atoms with Crippen LogP contribution in [0.4, 0.5) is 18.9 Å². The molecule has 0 radical (unpaired) electrons. The van der Waals surface area contributed by atoms with Gasteiger partial charge in [0.1, 0.15) is 5.82 Å². The molecule has 1 aromatic heterocycles. The van der Waals surface area contributed by atoms with E-state index in [1.54, 1.807) is 5.51 Å². The summed E-state index contributed by atoms with van der Waals surface area (Å²) in [5, 5.41) is 2.74. The lowest BCUT2D eigenvalue weighted by Crippen LogP contribution is -2.07. The van der Waals surface area contributed by atoms with E-state index in [-0.39, 0.29) is 5.69 Å². The third-order valence-corrected chi connectivity index (χ3v) is 3.52. The predicted molar refractivity (Wildman–Crippen MR) is 65.4 cm³/mol. The van der Waals surface area contributed by atoms with Crippen LogP contribution in [0.2, 0.25) is 0 Å². The summed E-state index contributed by atoms with van der Waals surface area (Å²) in [4.78, 5) is 5.18. The van der Waals surface area contributed by atoms with Crippen molar-refractivity contribution in [3.63, 3.8) is 0 Å². The molecule has 2 nitrogen and oxygen atoms in total. The molecule has 96 valence electrons. The molecule has 0 unspecified atom stereocenters. The normalized spacial score (nSPS) is 10.7. The molecule has 0 bridgehead atoms. The Labute approximate surface area is 106 Å². The minimum atomic E-state index is -1.18. The molecule has 18 heavy (non-hydrogen) atoms. The first-order valence-corrected chi connectivity index (χ1v) is 6.23. The minimum absolute atomic E-state index is 0.0314. The van der Waals surface area contributed by atoms with Gasteiger partial charge in [-0.3, -0.25) is 0 Å². The van der Waals surface area contributed by atoms with Crippen LogP contribution < -0.4 is 5.32 Å². The first-order chi connectivity index (χ1) is 8.58. The van der Waals surface area contributed by atoms with Gasteiger partial charge in [-0.2, -0.15) is 0 Å². The maximum atomic E-state index is 13.3. The van der Waals surface area contributed by atoms with Gasteiger partial charge in [-0.15, -0.1) is 11.3 Å². The van der Waals surface area contributed by atoms with Gasteiger partial charge < -0.3 is 5.32 Å². The number of anilines is 1. The molecule has 1 heterocycles. The van der Waals surface area contributed by atoms with E-state index in [1.807, 2.05) is 6.92 Å². The predicted octanol–water partition coefficient (Wildman–Crippen LogP) is 3.52. The summed E-state index contributed by atoms with van der Waals surface area (Å²) in [6, 6.07) is 1.36. The molecular formula is C12H11F3N2S. The van der Waals surface area contributed by atoms with E-state index in [9.17, 15) is 13.2 Å². The number of nitrogens with zero attached hydrogens (tertiary/aromatic N) is 1. The van der Waals surface area contributed by atoms with Crippen LogP contribution >= 0.6 is 11.3 Å². The van der Waals surface area contributed by atoms with Crippen molar-refractivity contribution in [2.24, 2.45) is 0 Å². The third-order valence-electron chi connectivity index (χ3n) is 2.52. The van der Waals surface area contributed by atoms with Crippen LogP contribution in [-0.4, -0.2) is 11.5 Å². The van der Waals surface area contributed by atoms with Crippen LogP contribution in [0, 0.1) is 24.4 Å². The Balaban J connectivity index is 1.99. The van der Waals surface area contributed by atoms with E-state index in [2.05, 4.69) is 10.3 Å². The topological polar surface area (TPSA) is 24.9 Å². The summed E-state index contributed by atoms with van der Waals surface area (Å²) in [5.41, 5.74) is 2.65. The van der Waals surface area contributed by atoms with Gasteiger partial charge in [0.05, 0.1) is 16.9 Å². The lowest BCUT2D eigenvalue weighted by molar-refractivity contribution is 0.496. The average Bonchev–Trinajstić information content (AvgIpc) is 2.72. The number of halogens is 3. The number of aromatic nitrogens is 1. The van der Waals surface area contributed by atoms with Gasteiger partial charge in [-0.25, -0.2) is 18.2 Å². The number of hydrogen-bond donors (Lipinski definition) is 1. The van der Waals surface area contributed by atoms with Gasteiger partial charge in [0.15, 0.2) is 11.6 Å². The largest absolute Gasteiger partial charge is 0.382 e. The molecule has 0 atom stereocenters. The van der Waals surface area contributed by atoms with E-state index in [1.165, 1.54) is 11.3 Å². The first kappa shape index (κ1) is 12.9. The van der Waals surface area contributed by atoms with Gasteiger partial charge in [0.2, 0.25) is 0 Å².